The van der Waals surface area contributed by atoms with Gasteiger partial charge in [-0.25, -0.2) is 13.1 Å². The number of sulfonamides is 1. The zero-order valence-corrected chi connectivity index (χ0v) is 13.2. The summed E-state index contributed by atoms with van der Waals surface area (Å²) in [5.74, 6) is -0.233. The van der Waals surface area contributed by atoms with Crippen LogP contribution in [-0.2, 0) is 19.6 Å². The van der Waals surface area contributed by atoms with Crippen molar-refractivity contribution in [3.63, 3.8) is 0 Å². The monoisotopic (exact) mass is 327 g/mol. The molecule has 1 atom stereocenters. The highest BCUT2D eigenvalue weighted by Crippen LogP contribution is 2.20. The maximum atomic E-state index is 12.2. The van der Waals surface area contributed by atoms with Crippen LogP contribution in [0.1, 0.15) is 12.8 Å². The fourth-order valence-corrected chi connectivity index (χ4v) is 3.15. The standard InChI is InChI=1S/C14H21N3O4S/c1-16-22(19,20)12-4-2-3-11(9-12)17-14(18)13(15)10-5-7-21-8-6-10/h2-4,9-10,13,16H,5-8,15H2,1H3,(H,17,18). The first-order chi connectivity index (χ1) is 10.4. The Kier molecular flexibility index (Phi) is 5.52. The minimum absolute atomic E-state index is 0.0815. The van der Waals surface area contributed by atoms with E-state index in [2.05, 4.69) is 10.0 Å². The third kappa shape index (κ3) is 4.04. The zero-order chi connectivity index (χ0) is 16.2. The molecular weight excluding hydrogens is 306 g/mol. The lowest BCUT2D eigenvalue weighted by Crippen LogP contribution is -2.44. The summed E-state index contributed by atoms with van der Waals surface area (Å²) in [4.78, 5) is 12.3. The Morgan fingerprint density at radius 3 is 2.68 bits per heavy atom. The molecule has 2 rings (SSSR count). The third-order valence-corrected chi connectivity index (χ3v) is 5.17. The summed E-state index contributed by atoms with van der Waals surface area (Å²) in [5.41, 5.74) is 6.40. The van der Waals surface area contributed by atoms with Crippen LogP contribution in [0.5, 0.6) is 0 Å². The summed E-state index contributed by atoms with van der Waals surface area (Å²) in [6.07, 6.45) is 1.51. The second kappa shape index (κ2) is 7.19. The van der Waals surface area contributed by atoms with Crippen LogP contribution >= 0.6 is 0 Å². The molecule has 1 aliphatic heterocycles. The number of hydrogen-bond acceptors (Lipinski definition) is 5. The summed E-state index contributed by atoms with van der Waals surface area (Å²) in [5, 5.41) is 2.68. The van der Waals surface area contributed by atoms with Gasteiger partial charge in [0.25, 0.3) is 0 Å². The van der Waals surface area contributed by atoms with E-state index in [1.54, 1.807) is 12.1 Å². The Labute approximate surface area is 130 Å². The number of anilines is 1. The van der Waals surface area contributed by atoms with Crippen molar-refractivity contribution in [2.24, 2.45) is 11.7 Å². The molecule has 0 radical (unpaired) electrons. The van der Waals surface area contributed by atoms with E-state index in [1.807, 2.05) is 0 Å². The van der Waals surface area contributed by atoms with Crippen molar-refractivity contribution in [1.29, 1.82) is 0 Å². The van der Waals surface area contributed by atoms with Gasteiger partial charge in [0.05, 0.1) is 10.9 Å². The normalized spacial score (nSPS) is 17.9. The average Bonchev–Trinajstić information content (AvgIpc) is 2.55. The molecule has 1 amide bonds. The predicted octanol–water partition coefficient (Wildman–Crippen LogP) is 0.287. The molecule has 1 aliphatic rings. The van der Waals surface area contributed by atoms with E-state index >= 15 is 0 Å². The average molecular weight is 327 g/mol. The second-order valence-electron chi connectivity index (χ2n) is 5.20. The largest absolute Gasteiger partial charge is 0.381 e. The Bertz CT molecular complexity index is 627. The maximum Gasteiger partial charge on any atom is 0.241 e. The predicted molar refractivity (Wildman–Crippen MR) is 82.8 cm³/mol. The minimum atomic E-state index is -3.55. The van der Waals surface area contributed by atoms with Crippen molar-refractivity contribution in [3.05, 3.63) is 24.3 Å². The maximum absolute atomic E-state index is 12.2. The number of benzene rings is 1. The van der Waals surface area contributed by atoms with E-state index in [9.17, 15) is 13.2 Å². The molecule has 1 fully saturated rings. The molecule has 22 heavy (non-hydrogen) atoms. The zero-order valence-electron chi connectivity index (χ0n) is 12.4. The number of carbonyl (C=O) groups is 1. The molecule has 0 aromatic heterocycles. The van der Waals surface area contributed by atoms with Crippen LogP contribution in [0, 0.1) is 5.92 Å². The van der Waals surface area contributed by atoms with Crippen LogP contribution < -0.4 is 15.8 Å². The Morgan fingerprint density at radius 2 is 2.05 bits per heavy atom. The molecular formula is C14H21N3O4S. The summed E-state index contributed by atoms with van der Waals surface area (Å²) >= 11 is 0. The summed E-state index contributed by atoms with van der Waals surface area (Å²) < 4.78 is 31.0. The van der Waals surface area contributed by atoms with Gasteiger partial charge >= 0.3 is 0 Å². The van der Waals surface area contributed by atoms with E-state index in [0.29, 0.717) is 18.9 Å². The van der Waals surface area contributed by atoms with Crippen molar-refractivity contribution in [3.8, 4) is 0 Å². The highest BCUT2D eigenvalue weighted by atomic mass is 32.2. The van der Waals surface area contributed by atoms with Gasteiger partial charge in [-0.15, -0.1) is 0 Å². The number of ether oxygens (including phenoxy) is 1. The molecule has 4 N–H and O–H groups in total. The first kappa shape index (κ1) is 16.9. The fraction of sp³-hybridized carbons (Fsp3) is 0.500. The number of amides is 1. The van der Waals surface area contributed by atoms with Crippen LogP contribution in [0.25, 0.3) is 0 Å². The van der Waals surface area contributed by atoms with E-state index in [-0.39, 0.29) is 16.7 Å². The van der Waals surface area contributed by atoms with Gasteiger partial charge in [-0.2, -0.15) is 0 Å². The number of nitrogens with one attached hydrogen (secondary N) is 2. The third-order valence-electron chi connectivity index (χ3n) is 3.76. The summed E-state index contributed by atoms with van der Waals surface area (Å²) in [6, 6.07) is 5.43. The van der Waals surface area contributed by atoms with Crippen LogP contribution in [0.4, 0.5) is 5.69 Å². The molecule has 1 aromatic rings. The molecule has 1 saturated heterocycles. The molecule has 0 saturated carbocycles. The van der Waals surface area contributed by atoms with Gasteiger partial charge in [-0.05, 0) is 44.0 Å². The first-order valence-corrected chi connectivity index (χ1v) is 8.60. The molecule has 0 bridgehead atoms. The topological polar surface area (TPSA) is 111 Å². The van der Waals surface area contributed by atoms with Gasteiger partial charge < -0.3 is 15.8 Å². The molecule has 122 valence electrons. The smallest absolute Gasteiger partial charge is 0.241 e. The highest BCUT2D eigenvalue weighted by Gasteiger charge is 2.26. The minimum Gasteiger partial charge on any atom is -0.381 e. The molecule has 0 spiro atoms. The molecule has 8 heteroatoms. The van der Waals surface area contributed by atoms with Crippen molar-refractivity contribution in [2.45, 2.75) is 23.8 Å². The van der Waals surface area contributed by atoms with Crippen molar-refractivity contribution >= 4 is 21.6 Å². The van der Waals surface area contributed by atoms with Crippen molar-refractivity contribution in [2.75, 3.05) is 25.6 Å². The molecule has 1 heterocycles. The number of rotatable bonds is 5. The number of carbonyl (C=O) groups excluding carboxylic acids is 1. The van der Waals surface area contributed by atoms with E-state index in [1.165, 1.54) is 19.2 Å². The quantitative estimate of drug-likeness (QED) is 0.720. The van der Waals surface area contributed by atoms with Gasteiger partial charge in [0.1, 0.15) is 0 Å². The van der Waals surface area contributed by atoms with Gasteiger partial charge in [-0.1, -0.05) is 6.07 Å². The lowest BCUT2D eigenvalue weighted by molar-refractivity contribution is -0.119. The number of hydrogen-bond donors (Lipinski definition) is 3. The Hall–Kier alpha value is -1.48. The van der Waals surface area contributed by atoms with Crippen LogP contribution in [0.2, 0.25) is 0 Å². The van der Waals surface area contributed by atoms with E-state index in [0.717, 1.165) is 12.8 Å². The van der Waals surface area contributed by atoms with E-state index < -0.39 is 16.1 Å². The van der Waals surface area contributed by atoms with Crippen LogP contribution in [-0.4, -0.2) is 40.6 Å². The lowest BCUT2D eigenvalue weighted by Gasteiger charge is -2.26. The molecule has 0 aliphatic carbocycles. The van der Waals surface area contributed by atoms with Gasteiger partial charge in [0.2, 0.25) is 15.9 Å². The van der Waals surface area contributed by atoms with Gasteiger partial charge in [-0.3, -0.25) is 4.79 Å². The van der Waals surface area contributed by atoms with Gasteiger partial charge in [0, 0.05) is 18.9 Å². The number of nitrogens with two attached hydrogens (primary N) is 1. The summed E-state index contributed by atoms with van der Waals surface area (Å²) in [6.45, 7) is 1.23. The lowest BCUT2D eigenvalue weighted by atomic mass is 9.92. The summed E-state index contributed by atoms with van der Waals surface area (Å²) in [7, 11) is -2.21. The van der Waals surface area contributed by atoms with Crippen molar-refractivity contribution < 1.29 is 17.9 Å². The molecule has 1 unspecified atom stereocenters. The fourth-order valence-electron chi connectivity index (χ4n) is 2.37. The van der Waals surface area contributed by atoms with E-state index in [4.69, 9.17) is 10.5 Å². The second-order valence-corrected chi connectivity index (χ2v) is 7.09. The molecule has 1 aromatic carbocycles. The Balaban J connectivity index is 2.06. The first-order valence-electron chi connectivity index (χ1n) is 7.12. The Morgan fingerprint density at radius 1 is 1.36 bits per heavy atom. The SMILES string of the molecule is CNS(=O)(=O)c1cccc(NC(=O)C(N)C2CCOCC2)c1. The van der Waals surface area contributed by atoms with Crippen LogP contribution in [0.3, 0.4) is 0 Å². The van der Waals surface area contributed by atoms with Crippen LogP contribution in [0.15, 0.2) is 29.2 Å². The highest BCUT2D eigenvalue weighted by molar-refractivity contribution is 7.89. The van der Waals surface area contributed by atoms with Gasteiger partial charge in [0.15, 0.2) is 0 Å². The molecule has 7 nitrogen and oxygen atoms in total. The van der Waals surface area contributed by atoms with Crippen molar-refractivity contribution in [1.82, 2.24) is 4.72 Å².